The fourth-order valence-corrected chi connectivity index (χ4v) is 2.36. The third kappa shape index (κ3) is 6.05. The maximum atomic E-state index is 12.0. The number of esters is 2. The smallest absolute Gasteiger partial charge is 0.338 e. The molecular weight excluding hydrogens is 334 g/mol. The van der Waals surface area contributed by atoms with E-state index in [-0.39, 0.29) is 25.7 Å². The van der Waals surface area contributed by atoms with Gasteiger partial charge in [0.05, 0.1) is 5.56 Å². The molecule has 0 spiro atoms. The maximum Gasteiger partial charge on any atom is 0.338 e. The minimum absolute atomic E-state index is 0.0511. The van der Waals surface area contributed by atoms with E-state index in [1.54, 1.807) is 42.5 Å². The van der Waals surface area contributed by atoms with Gasteiger partial charge in [-0.2, -0.15) is 0 Å². The van der Waals surface area contributed by atoms with E-state index in [0.29, 0.717) is 11.1 Å². The maximum absolute atomic E-state index is 12.0. The summed E-state index contributed by atoms with van der Waals surface area (Å²) < 4.78 is 9.93. The fourth-order valence-electron chi connectivity index (χ4n) is 2.36. The first-order valence-corrected chi connectivity index (χ1v) is 8.20. The lowest BCUT2D eigenvalue weighted by atomic mass is 10.1. The molecule has 1 N–H and O–H groups in total. The molecule has 2 aromatic carbocycles. The number of carbonyl (C=O) groups is 3. The van der Waals surface area contributed by atoms with Gasteiger partial charge < -0.3 is 14.8 Å². The summed E-state index contributed by atoms with van der Waals surface area (Å²) in [7, 11) is 0. The van der Waals surface area contributed by atoms with E-state index in [2.05, 4.69) is 5.32 Å². The van der Waals surface area contributed by atoms with Gasteiger partial charge in [0.25, 0.3) is 5.91 Å². The highest BCUT2D eigenvalue weighted by atomic mass is 16.6. The SMILES string of the molecule is Cc1cc(C)cc(C(=O)NCC(=O)OCCOC(=O)c2ccccc2)c1. The second-order valence-electron chi connectivity index (χ2n) is 5.78. The molecule has 0 aliphatic rings. The van der Waals surface area contributed by atoms with Gasteiger partial charge in [-0.05, 0) is 38.1 Å². The van der Waals surface area contributed by atoms with Crippen LogP contribution in [0.3, 0.4) is 0 Å². The van der Waals surface area contributed by atoms with E-state index >= 15 is 0 Å². The zero-order valence-electron chi connectivity index (χ0n) is 14.8. The van der Waals surface area contributed by atoms with E-state index in [1.165, 1.54) is 0 Å². The second kappa shape index (κ2) is 9.36. The van der Waals surface area contributed by atoms with Crippen molar-refractivity contribution >= 4 is 17.8 Å². The van der Waals surface area contributed by atoms with Crippen molar-refractivity contribution in [2.24, 2.45) is 0 Å². The number of hydrogen-bond donors (Lipinski definition) is 1. The topological polar surface area (TPSA) is 81.7 Å². The van der Waals surface area contributed by atoms with Crippen LogP contribution in [-0.2, 0) is 14.3 Å². The number of nitrogens with one attached hydrogen (secondary N) is 1. The van der Waals surface area contributed by atoms with E-state index in [1.807, 2.05) is 19.9 Å². The zero-order valence-corrected chi connectivity index (χ0v) is 14.8. The summed E-state index contributed by atoms with van der Waals surface area (Å²) in [6.07, 6.45) is 0. The number of amides is 1. The number of benzene rings is 2. The molecule has 0 saturated carbocycles. The first kappa shape index (κ1) is 19.2. The van der Waals surface area contributed by atoms with Crippen molar-refractivity contribution in [3.8, 4) is 0 Å². The van der Waals surface area contributed by atoms with Crippen LogP contribution in [0.4, 0.5) is 0 Å². The average molecular weight is 355 g/mol. The van der Waals surface area contributed by atoms with Crippen LogP contribution in [0, 0.1) is 13.8 Å². The molecule has 0 atom stereocenters. The zero-order chi connectivity index (χ0) is 18.9. The molecule has 0 aliphatic heterocycles. The van der Waals surface area contributed by atoms with Crippen LogP contribution in [0.25, 0.3) is 0 Å². The van der Waals surface area contributed by atoms with Crippen LogP contribution in [0.1, 0.15) is 31.8 Å². The summed E-state index contributed by atoms with van der Waals surface area (Å²) in [5.74, 6) is -1.42. The van der Waals surface area contributed by atoms with E-state index < -0.39 is 11.9 Å². The lowest BCUT2D eigenvalue weighted by molar-refractivity contribution is -0.143. The summed E-state index contributed by atoms with van der Waals surface area (Å²) in [5, 5.41) is 2.51. The Hall–Kier alpha value is -3.15. The van der Waals surface area contributed by atoms with Gasteiger partial charge in [-0.3, -0.25) is 9.59 Å². The van der Waals surface area contributed by atoms with Crippen molar-refractivity contribution in [3.63, 3.8) is 0 Å². The Balaban J connectivity index is 1.67. The quantitative estimate of drug-likeness (QED) is 0.609. The third-order valence-electron chi connectivity index (χ3n) is 3.47. The molecule has 1 amide bonds. The van der Waals surface area contributed by atoms with Crippen LogP contribution in [0.5, 0.6) is 0 Å². The number of ether oxygens (including phenoxy) is 2. The van der Waals surface area contributed by atoms with Crippen LogP contribution < -0.4 is 5.32 Å². The van der Waals surface area contributed by atoms with Gasteiger partial charge in [0, 0.05) is 5.56 Å². The average Bonchev–Trinajstić information content (AvgIpc) is 2.63. The number of carbonyl (C=O) groups excluding carboxylic acids is 3. The Kier molecular flexibility index (Phi) is 6.91. The predicted octanol–water partition coefficient (Wildman–Crippen LogP) is 2.43. The van der Waals surface area contributed by atoms with Gasteiger partial charge in [-0.15, -0.1) is 0 Å². The Morgan fingerprint density at radius 3 is 2.12 bits per heavy atom. The molecule has 0 unspecified atom stereocenters. The molecule has 0 radical (unpaired) electrons. The van der Waals surface area contributed by atoms with E-state index in [9.17, 15) is 14.4 Å². The van der Waals surface area contributed by atoms with Gasteiger partial charge >= 0.3 is 11.9 Å². The highest BCUT2D eigenvalue weighted by Gasteiger charge is 2.10. The number of rotatable bonds is 7. The summed E-state index contributed by atoms with van der Waals surface area (Å²) in [5.41, 5.74) is 2.86. The molecule has 136 valence electrons. The van der Waals surface area contributed by atoms with Crippen LogP contribution in [0.2, 0.25) is 0 Å². The minimum Gasteiger partial charge on any atom is -0.461 e. The Morgan fingerprint density at radius 1 is 0.846 bits per heavy atom. The minimum atomic E-state index is -0.599. The highest BCUT2D eigenvalue weighted by Crippen LogP contribution is 2.08. The van der Waals surface area contributed by atoms with Crippen LogP contribution >= 0.6 is 0 Å². The normalized spacial score (nSPS) is 10.1. The van der Waals surface area contributed by atoms with E-state index in [4.69, 9.17) is 9.47 Å². The van der Waals surface area contributed by atoms with Crippen molar-refractivity contribution in [2.75, 3.05) is 19.8 Å². The number of hydrogen-bond acceptors (Lipinski definition) is 5. The number of aryl methyl sites for hydroxylation is 2. The lowest BCUT2D eigenvalue weighted by Crippen LogP contribution is -2.31. The molecule has 6 nitrogen and oxygen atoms in total. The third-order valence-corrected chi connectivity index (χ3v) is 3.47. The van der Waals surface area contributed by atoms with Crippen LogP contribution in [0.15, 0.2) is 48.5 Å². The molecule has 2 aromatic rings. The van der Waals surface area contributed by atoms with Crippen molar-refractivity contribution in [3.05, 3.63) is 70.8 Å². The summed E-state index contributed by atoms with van der Waals surface area (Å²) in [6, 6.07) is 14.0. The summed E-state index contributed by atoms with van der Waals surface area (Å²) >= 11 is 0. The van der Waals surface area contributed by atoms with Crippen molar-refractivity contribution < 1.29 is 23.9 Å². The molecule has 0 aromatic heterocycles. The largest absolute Gasteiger partial charge is 0.461 e. The molecule has 0 bridgehead atoms. The Morgan fingerprint density at radius 2 is 1.46 bits per heavy atom. The van der Waals surface area contributed by atoms with Gasteiger partial charge in [-0.25, -0.2) is 4.79 Å². The second-order valence-corrected chi connectivity index (χ2v) is 5.78. The molecule has 0 fully saturated rings. The van der Waals surface area contributed by atoms with Crippen molar-refractivity contribution in [2.45, 2.75) is 13.8 Å². The molecule has 0 aliphatic carbocycles. The standard InChI is InChI=1S/C20H21NO5/c1-14-10-15(2)12-17(11-14)19(23)21-13-18(22)25-8-9-26-20(24)16-6-4-3-5-7-16/h3-7,10-12H,8-9,13H2,1-2H3,(H,21,23). The molecule has 26 heavy (non-hydrogen) atoms. The van der Waals surface area contributed by atoms with Crippen molar-refractivity contribution in [1.29, 1.82) is 0 Å². The Labute approximate surface area is 152 Å². The first-order valence-electron chi connectivity index (χ1n) is 8.20. The fraction of sp³-hybridized carbons (Fsp3) is 0.250. The van der Waals surface area contributed by atoms with Crippen molar-refractivity contribution in [1.82, 2.24) is 5.32 Å². The monoisotopic (exact) mass is 355 g/mol. The molecule has 0 heterocycles. The van der Waals surface area contributed by atoms with Gasteiger partial charge in [0.15, 0.2) is 0 Å². The van der Waals surface area contributed by atoms with E-state index in [0.717, 1.165) is 11.1 Å². The van der Waals surface area contributed by atoms with Gasteiger partial charge in [-0.1, -0.05) is 35.4 Å². The first-order chi connectivity index (χ1) is 12.5. The lowest BCUT2D eigenvalue weighted by Gasteiger charge is -2.08. The molecule has 6 heteroatoms. The molecule has 2 rings (SSSR count). The highest BCUT2D eigenvalue weighted by molar-refractivity contribution is 5.96. The summed E-state index contributed by atoms with van der Waals surface area (Å²) in [6.45, 7) is 3.42. The van der Waals surface area contributed by atoms with Gasteiger partial charge in [0.2, 0.25) is 0 Å². The summed E-state index contributed by atoms with van der Waals surface area (Å²) in [4.78, 5) is 35.4. The Bertz CT molecular complexity index is 766. The van der Waals surface area contributed by atoms with Crippen LogP contribution in [-0.4, -0.2) is 37.6 Å². The molecule has 0 saturated heterocycles. The predicted molar refractivity (Wildman–Crippen MR) is 95.9 cm³/mol. The van der Waals surface area contributed by atoms with Gasteiger partial charge in [0.1, 0.15) is 19.8 Å². The molecular formula is C20H21NO5.